The summed E-state index contributed by atoms with van der Waals surface area (Å²) >= 11 is 1.43. The van der Waals surface area contributed by atoms with Crippen molar-refractivity contribution in [2.75, 3.05) is 6.54 Å². The van der Waals surface area contributed by atoms with E-state index in [9.17, 15) is 18.4 Å². The van der Waals surface area contributed by atoms with E-state index in [-0.39, 0.29) is 17.2 Å². The third kappa shape index (κ3) is 4.92. The second-order valence-corrected chi connectivity index (χ2v) is 8.63. The molecule has 0 aliphatic rings. The molecule has 174 valence electrons. The fourth-order valence-corrected chi connectivity index (χ4v) is 4.53. The summed E-state index contributed by atoms with van der Waals surface area (Å²) in [6, 6.07) is 13.2. The van der Waals surface area contributed by atoms with E-state index in [0.29, 0.717) is 13.0 Å². The van der Waals surface area contributed by atoms with Crippen molar-refractivity contribution < 1.29 is 13.6 Å². The summed E-state index contributed by atoms with van der Waals surface area (Å²) in [7, 11) is 0. The van der Waals surface area contributed by atoms with Gasteiger partial charge in [0.15, 0.2) is 0 Å². The first-order valence-electron chi connectivity index (χ1n) is 10.5. The molecule has 1 atom stereocenters. The lowest BCUT2D eigenvalue weighted by atomic mass is 10.0. The number of nitrogens with zero attached hydrogens (tertiary/aromatic N) is 3. The molecule has 0 aliphatic carbocycles. The zero-order chi connectivity index (χ0) is 24.2. The van der Waals surface area contributed by atoms with Gasteiger partial charge in [0.1, 0.15) is 17.2 Å². The highest BCUT2D eigenvalue weighted by molar-refractivity contribution is 7.15. The molecular formula is C24H21F2N5O2S. The number of carbonyl (C=O) groups is 1. The summed E-state index contributed by atoms with van der Waals surface area (Å²) in [4.78, 5) is 30.2. The van der Waals surface area contributed by atoms with Crippen molar-refractivity contribution in [1.82, 2.24) is 20.1 Å². The number of carbonyl (C=O) groups excluding carboxylic acids is 1. The lowest BCUT2D eigenvalue weighted by Crippen LogP contribution is -2.30. The molecule has 0 bridgehead atoms. The minimum Gasteiger partial charge on any atom is -0.343 e. The van der Waals surface area contributed by atoms with E-state index >= 15 is 0 Å². The fourth-order valence-electron chi connectivity index (χ4n) is 3.46. The van der Waals surface area contributed by atoms with Gasteiger partial charge in [-0.05, 0) is 73.5 Å². The van der Waals surface area contributed by atoms with Crippen LogP contribution in [-0.2, 0) is 6.42 Å². The molecule has 10 heteroatoms. The van der Waals surface area contributed by atoms with E-state index in [0.717, 1.165) is 31.6 Å². The Morgan fingerprint density at radius 1 is 1.18 bits per heavy atom. The minimum atomic E-state index is -0.875. The standard InChI is InChI=1S/C24H21F2N5O2S/c1-14(20-7-8-21(34-20)17-13-16(25)5-4-15(17)10-11-27)29-24(33)18-6-9-22(32)31(30-18)19-3-2-12-28-23(19)26/h2-9,12-14H,10-11,27H2,1H3,(H,29,33)/t14-/m1/s1. The SMILES string of the molecule is C[C@@H](NC(=O)c1ccc(=O)n(-c2cccnc2F)n1)c1ccc(-c2cc(F)ccc2CCN)s1. The number of nitrogens with one attached hydrogen (secondary N) is 1. The van der Waals surface area contributed by atoms with Crippen molar-refractivity contribution in [3.8, 4) is 16.1 Å². The molecule has 0 saturated carbocycles. The van der Waals surface area contributed by atoms with Crippen LogP contribution in [0.25, 0.3) is 16.1 Å². The number of aromatic nitrogens is 3. The van der Waals surface area contributed by atoms with Crippen molar-refractivity contribution >= 4 is 17.2 Å². The molecule has 4 aromatic rings. The summed E-state index contributed by atoms with van der Waals surface area (Å²) in [5.74, 6) is -1.74. The van der Waals surface area contributed by atoms with E-state index in [1.807, 2.05) is 12.1 Å². The first-order chi connectivity index (χ1) is 16.4. The first kappa shape index (κ1) is 23.4. The summed E-state index contributed by atoms with van der Waals surface area (Å²) in [5, 5.41) is 6.84. The third-order valence-corrected chi connectivity index (χ3v) is 6.45. The monoisotopic (exact) mass is 481 g/mol. The van der Waals surface area contributed by atoms with Gasteiger partial charge in [-0.1, -0.05) is 6.07 Å². The number of halogens is 2. The molecule has 3 heterocycles. The number of hydrogen-bond donors (Lipinski definition) is 2. The summed E-state index contributed by atoms with van der Waals surface area (Å²) in [6.07, 6.45) is 1.87. The Morgan fingerprint density at radius 3 is 2.76 bits per heavy atom. The normalized spacial score (nSPS) is 11.9. The second kappa shape index (κ2) is 10.0. The van der Waals surface area contributed by atoms with E-state index < -0.39 is 23.5 Å². The zero-order valence-electron chi connectivity index (χ0n) is 18.2. The minimum absolute atomic E-state index is 0.0538. The van der Waals surface area contributed by atoms with E-state index in [2.05, 4.69) is 15.4 Å². The number of benzene rings is 1. The molecule has 0 fully saturated rings. The van der Waals surface area contributed by atoms with Gasteiger partial charge in [0.05, 0.1) is 6.04 Å². The molecule has 3 N–H and O–H groups in total. The van der Waals surface area contributed by atoms with Crippen molar-refractivity contribution in [1.29, 1.82) is 0 Å². The number of hydrogen-bond acceptors (Lipinski definition) is 6. The van der Waals surface area contributed by atoms with Crippen molar-refractivity contribution in [3.05, 3.63) is 99.0 Å². The third-order valence-electron chi connectivity index (χ3n) is 5.15. The Balaban J connectivity index is 1.55. The Hall–Kier alpha value is -3.76. The van der Waals surface area contributed by atoms with Crippen molar-refractivity contribution in [2.24, 2.45) is 5.73 Å². The zero-order valence-corrected chi connectivity index (χ0v) is 19.0. The second-order valence-electron chi connectivity index (χ2n) is 7.52. The lowest BCUT2D eigenvalue weighted by Gasteiger charge is -2.13. The van der Waals surface area contributed by atoms with Crippen LogP contribution in [0.1, 0.15) is 33.9 Å². The van der Waals surface area contributed by atoms with Crippen LogP contribution >= 0.6 is 11.3 Å². The fraction of sp³-hybridized carbons (Fsp3) is 0.167. The maximum absolute atomic E-state index is 14.0. The predicted octanol–water partition coefficient (Wildman–Crippen LogP) is 3.63. The van der Waals surface area contributed by atoms with Gasteiger partial charge in [-0.25, -0.2) is 9.37 Å². The van der Waals surface area contributed by atoms with Gasteiger partial charge >= 0.3 is 0 Å². The number of pyridine rings is 1. The smallest absolute Gasteiger partial charge is 0.272 e. The number of nitrogens with two attached hydrogens (primary N) is 1. The average Bonchev–Trinajstić information content (AvgIpc) is 3.31. The Morgan fingerprint density at radius 2 is 2.00 bits per heavy atom. The molecule has 0 unspecified atom stereocenters. The first-order valence-corrected chi connectivity index (χ1v) is 11.3. The van der Waals surface area contributed by atoms with Gasteiger partial charge in [0, 0.05) is 22.0 Å². The highest BCUT2D eigenvalue weighted by Crippen LogP contribution is 2.34. The van der Waals surface area contributed by atoms with Gasteiger partial charge < -0.3 is 11.1 Å². The van der Waals surface area contributed by atoms with Gasteiger partial charge in [0.2, 0.25) is 5.95 Å². The van der Waals surface area contributed by atoms with Gasteiger partial charge in [-0.2, -0.15) is 14.2 Å². The summed E-state index contributed by atoms with van der Waals surface area (Å²) < 4.78 is 28.7. The highest BCUT2D eigenvalue weighted by atomic mass is 32.1. The van der Waals surface area contributed by atoms with Crippen molar-refractivity contribution in [2.45, 2.75) is 19.4 Å². The quantitative estimate of drug-likeness (QED) is 0.393. The van der Waals surface area contributed by atoms with E-state index in [1.54, 1.807) is 13.0 Å². The van der Waals surface area contributed by atoms with E-state index in [1.165, 1.54) is 47.9 Å². The lowest BCUT2D eigenvalue weighted by molar-refractivity contribution is 0.0933. The van der Waals surface area contributed by atoms with Gasteiger partial charge in [-0.15, -0.1) is 11.3 Å². The number of thiophene rings is 1. The topological polar surface area (TPSA) is 103 Å². The van der Waals surface area contributed by atoms with Crippen LogP contribution in [0.15, 0.2) is 65.6 Å². The van der Waals surface area contributed by atoms with Gasteiger partial charge in [0.25, 0.3) is 11.5 Å². The molecule has 0 radical (unpaired) electrons. The van der Waals surface area contributed by atoms with Crippen LogP contribution in [0.4, 0.5) is 8.78 Å². The number of amides is 1. The van der Waals surface area contributed by atoms with Crippen LogP contribution in [0.5, 0.6) is 0 Å². The predicted molar refractivity (Wildman–Crippen MR) is 126 cm³/mol. The highest BCUT2D eigenvalue weighted by Gasteiger charge is 2.18. The molecular weight excluding hydrogens is 460 g/mol. The Bertz CT molecular complexity index is 1400. The van der Waals surface area contributed by atoms with Crippen molar-refractivity contribution in [3.63, 3.8) is 0 Å². The molecule has 1 amide bonds. The van der Waals surface area contributed by atoms with Crippen LogP contribution in [0.2, 0.25) is 0 Å². The summed E-state index contributed by atoms with van der Waals surface area (Å²) in [6.45, 7) is 2.25. The molecule has 0 saturated heterocycles. The van der Waals surface area contributed by atoms with Crippen LogP contribution in [-0.4, -0.2) is 27.2 Å². The molecule has 4 rings (SSSR count). The molecule has 1 aromatic carbocycles. The average molecular weight is 482 g/mol. The number of rotatable bonds is 7. The molecule has 3 aromatic heterocycles. The molecule has 0 spiro atoms. The van der Waals surface area contributed by atoms with E-state index in [4.69, 9.17) is 5.73 Å². The van der Waals surface area contributed by atoms with Gasteiger partial charge in [-0.3, -0.25) is 9.59 Å². The van der Waals surface area contributed by atoms with Crippen LogP contribution < -0.4 is 16.6 Å². The largest absolute Gasteiger partial charge is 0.343 e. The molecule has 7 nitrogen and oxygen atoms in total. The Labute approximate surface area is 197 Å². The molecule has 0 aliphatic heterocycles. The molecule has 34 heavy (non-hydrogen) atoms. The Kier molecular flexibility index (Phi) is 6.90. The summed E-state index contributed by atoms with van der Waals surface area (Å²) in [5.41, 5.74) is 6.60. The maximum Gasteiger partial charge on any atom is 0.272 e. The van der Waals surface area contributed by atoms with Crippen LogP contribution in [0, 0.1) is 11.8 Å². The maximum atomic E-state index is 14.0. The van der Waals surface area contributed by atoms with Crippen LogP contribution in [0.3, 0.4) is 0 Å².